The standard InChI is InChI=1S/C16H23N3O.2ClH/c1-12-3-2-4-14(11-12)18-13-5-9-19(10-6-13)15(20)16(17)7-8-16;;/h2-4,11,13,18H,5-10,17H2,1H3;2*1H. The molecule has 6 heteroatoms. The van der Waals surface area contributed by atoms with Gasteiger partial charge < -0.3 is 16.0 Å². The summed E-state index contributed by atoms with van der Waals surface area (Å²) in [6.07, 6.45) is 3.70. The number of likely N-dealkylation sites (tertiary alicyclic amines) is 1. The highest BCUT2D eigenvalue weighted by atomic mass is 35.5. The molecular weight excluding hydrogens is 321 g/mol. The number of piperidine rings is 1. The Morgan fingerprint density at radius 1 is 1.27 bits per heavy atom. The van der Waals surface area contributed by atoms with Gasteiger partial charge in [-0.1, -0.05) is 12.1 Å². The van der Waals surface area contributed by atoms with Crippen molar-refractivity contribution in [1.29, 1.82) is 0 Å². The van der Waals surface area contributed by atoms with Crippen molar-refractivity contribution in [1.82, 2.24) is 4.90 Å². The lowest BCUT2D eigenvalue weighted by Crippen LogP contribution is -2.50. The predicted molar refractivity (Wildman–Crippen MR) is 95.1 cm³/mol. The van der Waals surface area contributed by atoms with E-state index in [0.717, 1.165) is 38.8 Å². The molecule has 1 aliphatic carbocycles. The molecule has 1 aromatic rings. The molecule has 1 amide bonds. The third-order valence-corrected chi connectivity index (χ3v) is 4.39. The van der Waals surface area contributed by atoms with Crippen LogP contribution in [0.5, 0.6) is 0 Å². The fourth-order valence-electron chi connectivity index (χ4n) is 2.86. The average molecular weight is 346 g/mol. The average Bonchev–Trinajstić information content (AvgIpc) is 3.18. The first kappa shape index (κ1) is 19.1. The number of benzene rings is 1. The summed E-state index contributed by atoms with van der Waals surface area (Å²) in [4.78, 5) is 14.1. The fraction of sp³-hybridized carbons (Fsp3) is 0.562. The fourth-order valence-corrected chi connectivity index (χ4v) is 2.86. The number of carbonyl (C=O) groups excluding carboxylic acids is 1. The minimum absolute atomic E-state index is 0. The quantitative estimate of drug-likeness (QED) is 0.885. The number of anilines is 1. The van der Waals surface area contributed by atoms with Gasteiger partial charge in [0.2, 0.25) is 5.91 Å². The van der Waals surface area contributed by atoms with Crippen LogP contribution < -0.4 is 11.1 Å². The second-order valence-corrected chi connectivity index (χ2v) is 6.24. The minimum atomic E-state index is -0.517. The zero-order valence-electron chi connectivity index (χ0n) is 12.9. The molecule has 2 aliphatic rings. The van der Waals surface area contributed by atoms with Gasteiger partial charge in [0, 0.05) is 24.8 Å². The first-order valence-electron chi connectivity index (χ1n) is 7.48. The molecule has 124 valence electrons. The van der Waals surface area contributed by atoms with Gasteiger partial charge in [-0.2, -0.15) is 0 Å². The molecule has 0 spiro atoms. The molecule has 0 bridgehead atoms. The molecule has 22 heavy (non-hydrogen) atoms. The van der Waals surface area contributed by atoms with Crippen molar-refractivity contribution in [2.75, 3.05) is 18.4 Å². The second-order valence-electron chi connectivity index (χ2n) is 6.24. The largest absolute Gasteiger partial charge is 0.382 e. The summed E-state index contributed by atoms with van der Waals surface area (Å²) in [5, 5.41) is 3.57. The molecular formula is C16H25Cl2N3O. The lowest BCUT2D eigenvalue weighted by atomic mass is 10.0. The van der Waals surface area contributed by atoms with Crippen molar-refractivity contribution in [3.05, 3.63) is 29.8 Å². The lowest BCUT2D eigenvalue weighted by Gasteiger charge is -2.34. The number of aryl methyl sites for hydroxylation is 1. The maximum atomic E-state index is 12.2. The highest BCUT2D eigenvalue weighted by Crippen LogP contribution is 2.35. The van der Waals surface area contributed by atoms with Gasteiger partial charge in [-0.05, 0) is 50.3 Å². The van der Waals surface area contributed by atoms with Gasteiger partial charge in [0.25, 0.3) is 0 Å². The van der Waals surface area contributed by atoms with Gasteiger partial charge in [-0.3, -0.25) is 4.79 Å². The van der Waals surface area contributed by atoms with Crippen LogP contribution in [0.2, 0.25) is 0 Å². The van der Waals surface area contributed by atoms with Crippen LogP contribution in [-0.4, -0.2) is 35.5 Å². The van der Waals surface area contributed by atoms with Crippen LogP contribution in [0.3, 0.4) is 0 Å². The number of nitrogens with one attached hydrogen (secondary N) is 1. The topological polar surface area (TPSA) is 58.4 Å². The smallest absolute Gasteiger partial charge is 0.242 e. The molecule has 2 fully saturated rings. The van der Waals surface area contributed by atoms with Crippen molar-refractivity contribution >= 4 is 36.4 Å². The number of nitrogens with zero attached hydrogens (tertiary/aromatic N) is 1. The van der Waals surface area contributed by atoms with E-state index in [2.05, 4.69) is 36.5 Å². The van der Waals surface area contributed by atoms with Gasteiger partial charge >= 0.3 is 0 Å². The Hall–Kier alpha value is -0.970. The summed E-state index contributed by atoms with van der Waals surface area (Å²) in [6, 6.07) is 8.89. The van der Waals surface area contributed by atoms with E-state index in [1.165, 1.54) is 11.3 Å². The molecule has 3 rings (SSSR count). The van der Waals surface area contributed by atoms with Crippen LogP contribution in [0.4, 0.5) is 5.69 Å². The van der Waals surface area contributed by atoms with Gasteiger partial charge in [0.1, 0.15) is 0 Å². The maximum Gasteiger partial charge on any atom is 0.242 e. The van der Waals surface area contributed by atoms with Gasteiger partial charge in [-0.15, -0.1) is 24.8 Å². The monoisotopic (exact) mass is 345 g/mol. The first-order valence-corrected chi connectivity index (χ1v) is 7.48. The van der Waals surface area contributed by atoms with E-state index in [4.69, 9.17) is 5.73 Å². The number of rotatable bonds is 3. The Morgan fingerprint density at radius 3 is 2.45 bits per heavy atom. The molecule has 3 N–H and O–H groups in total. The SMILES string of the molecule is Cc1cccc(NC2CCN(C(=O)C3(N)CC3)CC2)c1.Cl.Cl. The molecule has 4 nitrogen and oxygen atoms in total. The molecule has 0 radical (unpaired) electrons. The summed E-state index contributed by atoms with van der Waals surface area (Å²) in [5.74, 6) is 0.159. The van der Waals surface area contributed by atoms with Crippen LogP contribution in [0.25, 0.3) is 0 Å². The summed E-state index contributed by atoms with van der Waals surface area (Å²) >= 11 is 0. The van der Waals surface area contributed by atoms with Gasteiger partial charge in [-0.25, -0.2) is 0 Å². The van der Waals surface area contributed by atoms with E-state index in [0.29, 0.717) is 6.04 Å². The van der Waals surface area contributed by atoms with E-state index in [9.17, 15) is 4.79 Å². The van der Waals surface area contributed by atoms with Crippen molar-refractivity contribution in [2.45, 2.75) is 44.2 Å². The van der Waals surface area contributed by atoms with Gasteiger partial charge in [0.05, 0.1) is 5.54 Å². The molecule has 1 saturated heterocycles. The zero-order valence-corrected chi connectivity index (χ0v) is 14.5. The molecule has 1 saturated carbocycles. The minimum Gasteiger partial charge on any atom is -0.382 e. The Morgan fingerprint density at radius 2 is 1.91 bits per heavy atom. The van der Waals surface area contributed by atoms with E-state index in [-0.39, 0.29) is 30.7 Å². The maximum absolute atomic E-state index is 12.2. The van der Waals surface area contributed by atoms with E-state index in [1.54, 1.807) is 0 Å². The first-order chi connectivity index (χ1) is 9.57. The molecule has 0 atom stereocenters. The summed E-state index contributed by atoms with van der Waals surface area (Å²) in [5.41, 5.74) is 7.91. The van der Waals surface area contributed by atoms with Crippen LogP contribution in [0, 0.1) is 6.92 Å². The highest BCUT2D eigenvalue weighted by Gasteiger charge is 2.48. The third-order valence-electron chi connectivity index (χ3n) is 4.39. The van der Waals surface area contributed by atoms with Crippen molar-refractivity contribution < 1.29 is 4.79 Å². The van der Waals surface area contributed by atoms with Crippen LogP contribution in [-0.2, 0) is 4.79 Å². The Balaban J connectivity index is 0.00000121. The number of halogens is 2. The lowest BCUT2D eigenvalue weighted by molar-refractivity contribution is -0.134. The molecule has 1 heterocycles. The number of hydrogen-bond acceptors (Lipinski definition) is 3. The number of hydrogen-bond donors (Lipinski definition) is 2. The summed E-state index contributed by atoms with van der Waals surface area (Å²) < 4.78 is 0. The highest BCUT2D eigenvalue weighted by molar-refractivity contribution is 5.89. The molecule has 1 aromatic carbocycles. The molecule has 0 aromatic heterocycles. The summed E-state index contributed by atoms with van der Waals surface area (Å²) in [7, 11) is 0. The van der Waals surface area contributed by atoms with E-state index in [1.807, 2.05) is 4.90 Å². The van der Waals surface area contributed by atoms with Crippen molar-refractivity contribution in [2.24, 2.45) is 5.73 Å². The summed E-state index contributed by atoms with van der Waals surface area (Å²) in [6.45, 7) is 3.74. The number of carbonyl (C=O) groups is 1. The van der Waals surface area contributed by atoms with Gasteiger partial charge in [0.15, 0.2) is 0 Å². The van der Waals surface area contributed by atoms with Crippen LogP contribution >= 0.6 is 24.8 Å². The molecule has 1 aliphatic heterocycles. The van der Waals surface area contributed by atoms with Crippen molar-refractivity contribution in [3.63, 3.8) is 0 Å². The van der Waals surface area contributed by atoms with E-state index < -0.39 is 5.54 Å². The van der Waals surface area contributed by atoms with Crippen LogP contribution in [0.15, 0.2) is 24.3 Å². The Bertz CT molecular complexity index is 512. The van der Waals surface area contributed by atoms with E-state index >= 15 is 0 Å². The van der Waals surface area contributed by atoms with Crippen molar-refractivity contribution in [3.8, 4) is 0 Å². The number of amides is 1. The number of nitrogens with two attached hydrogens (primary N) is 1. The second kappa shape index (κ2) is 7.53. The molecule has 0 unspecified atom stereocenters. The van der Waals surface area contributed by atoms with Crippen LogP contribution in [0.1, 0.15) is 31.2 Å². The third kappa shape index (κ3) is 4.28. The zero-order chi connectivity index (χ0) is 14.2. The predicted octanol–water partition coefficient (Wildman–Crippen LogP) is 2.73. The Labute approximate surface area is 144 Å². The normalized spacial score (nSPS) is 19.6. The Kier molecular flexibility index (Phi) is 6.53.